The first kappa shape index (κ1) is 24.4. The summed E-state index contributed by atoms with van der Waals surface area (Å²) in [4.78, 5) is 25.6. The Balaban J connectivity index is 1.96. The van der Waals surface area contributed by atoms with Crippen molar-refractivity contribution >= 4 is 17.5 Å². The predicted octanol–water partition coefficient (Wildman–Crippen LogP) is 5.66. The largest absolute Gasteiger partial charge is 0.493 e. The van der Waals surface area contributed by atoms with E-state index in [1.165, 1.54) is 0 Å². The van der Waals surface area contributed by atoms with Crippen molar-refractivity contribution in [1.29, 1.82) is 0 Å². The van der Waals surface area contributed by atoms with Crippen LogP contribution in [0, 0.1) is 19.3 Å². The molecule has 5 nitrogen and oxygen atoms in total. The molecular weight excluding hydrogens is 388 g/mol. The Morgan fingerprint density at radius 2 is 1.65 bits per heavy atom. The minimum absolute atomic E-state index is 0.116. The van der Waals surface area contributed by atoms with Crippen LogP contribution >= 0.6 is 0 Å². The van der Waals surface area contributed by atoms with Gasteiger partial charge >= 0.3 is 0 Å². The quantitative estimate of drug-likeness (QED) is 0.538. The first-order valence-electron chi connectivity index (χ1n) is 10.8. The summed E-state index contributed by atoms with van der Waals surface area (Å²) in [5.74, 6) is 0.569. The van der Waals surface area contributed by atoms with Crippen LogP contribution in [0.3, 0.4) is 0 Å². The Labute approximate surface area is 186 Å². The van der Waals surface area contributed by atoms with E-state index in [0.717, 1.165) is 23.3 Å². The third kappa shape index (κ3) is 7.42. The summed E-state index contributed by atoms with van der Waals surface area (Å²) in [6.07, 6.45) is 1.42. The number of hydrogen-bond donors (Lipinski definition) is 2. The molecule has 0 aliphatic carbocycles. The number of hydrogen-bond acceptors (Lipinski definition) is 3. The van der Waals surface area contributed by atoms with Crippen molar-refractivity contribution in [3.63, 3.8) is 0 Å². The molecule has 0 radical (unpaired) electrons. The minimum Gasteiger partial charge on any atom is -0.493 e. The van der Waals surface area contributed by atoms with E-state index in [-0.39, 0.29) is 17.4 Å². The number of amides is 2. The van der Waals surface area contributed by atoms with Gasteiger partial charge in [0, 0.05) is 11.0 Å². The molecule has 0 saturated heterocycles. The van der Waals surface area contributed by atoms with E-state index >= 15 is 0 Å². The van der Waals surface area contributed by atoms with Gasteiger partial charge in [-0.1, -0.05) is 38.1 Å². The zero-order valence-corrected chi connectivity index (χ0v) is 19.9. The molecule has 0 bridgehead atoms. The number of rotatable bonds is 8. The maximum absolute atomic E-state index is 13.0. The van der Waals surface area contributed by atoms with Gasteiger partial charge in [-0.15, -0.1) is 0 Å². The molecule has 2 aromatic rings. The summed E-state index contributed by atoms with van der Waals surface area (Å²) < 4.78 is 5.92. The van der Waals surface area contributed by atoms with Gasteiger partial charge in [-0.2, -0.15) is 0 Å². The van der Waals surface area contributed by atoms with Crippen molar-refractivity contribution in [2.75, 3.05) is 11.9 Å². The third-order valence-electron chi connectivity index (χ3n) is 5.07. The van der Waals surface area contributed by atoms with E-state index in [4.69, 9.17) is 4.74 Å². The smallest absolute Gasteiger partial charge is 0.253 e. The van der Waals surface area contributed by atoms with Crippen LogP contribution in [-0.4, -0.2) is 24.0 Å². The molecule has 0 heterocycles. The van der Waals surface area contributed by atoms with E-state index < -0.39 is 5.41 Å². The van der Waals surface area contributed by atoms with Gasteiger partial charge in [-0.25, -0.2) is 0 Å². The van der Waals surface area contributed by atoms with Gasteiger partial charge in [0.15, 0.2) is 0 Å². The van der Waals surface area contributed by atoms with Crippen molar-refractivity contribution in [2.45, 2.75) is 66.8 Å². The number of nitrogens with one attached hydrogen (secondary N) is 2. The van der Waals surface area contributed by atoms with Gasteiger partial charge in [-0.05, 0) is 76.8 Å². The predicted molar refractivity (Wildman–Crippen MR) is 127 cm³/mol. The Bertz CT molecular complexity index is 926. The monoisotopic (exact) mass is 424 g/mol. The standard InChI is InChI=1S/C26H36N2O3/c1-18-13-14-19(2)22(17-18)31-16-10-15-26(6,7)24(30)27-21-12-9-8-11-20(21)23(29)28-25(3,4)5/h8-9,11-14,17H,10,15-16H2,1-7H3,(H,27,30)(H,28,29). The van der Waals surface area contributed by atoms with Crippen LogP contribution < -0.4 is 15.4 Å². The molecular formula is C26H36N2O3. The third-order valence-corrected chi connectivity index (χ3v) is 5.07. The molecule has 31 heavy (non-hydrogen) atoms. The second-order valence-corrected chi connectivity index (χ2v) is 9.81. The minimum atomic E-state index is -0.599. The highest BCUT2D eigenvalue weighted by Gasteiger charge is 2.28. The maximum Gasteiger partial charge on any atom is 0.253 e. The average Bonchev–Trinajstić information content (AvgIpc) is 2.66. The Morgan fingerprint density at radius 3 is 2.32 bits per heavy atom. The van der Waals surface area contributed by atoms with Crippen molar-refractivity contribution in [3.05, 3.63) is 59.2 Å². The van der Waals surface area contributed by atoms with Gasteiger partial charge in [0.1, 0.15) is 5.75 Å². The Hall–Kier alpha value is -2.82. The molecule has 0 spiro atoms. The van der Waals surface area contributed by atoms with E-state index in [1.807, 2.05) is 60.6 Å². The number of ether oxygens (including phenoxy) is 1. The molecule has 2 rings (SSSR count). The summed E-state index contributed by atoms with van der Waals surface area (Å²) in [5, 5.41) is 5.90. The lowest BCUT2D eigenvalue weighted by Crippen LogP contribution is -2.41. The number of carbonyl (C=O) groups is 2. The van der Waals surface area contributed by atoms with Gasteiger partial charge in [-0.3, -0.25) is 9.59 Å². The number of anilines is 1. The van der Waals surface area contributed by atoms with Crippen molar-refractivity contribution in [1.82, 2.24) is 5.32 Å². The maximum atomic E-state index is 13.0. The SMILES string of the molecule is Cc1ccc(C)c(OCCCC(C)(C)C(=O)Nc2ccccc2C(=O)NC(C)(C)C)c1. The molecule has 0 aliphatic rings. The highest BCUT2D eigenvalue weighted by Crippen LogP contribution is 2.27. The van der Waals surface area contributed by atoms with Gasteiger partial charge in [0.25, 0.3) is 5.91 Å². The molecule has 2 N–H and O–H groups in total. The number of carbonyl (C=O) groups excluding carboxylic acids is 2. The van der Waals surface area contributed by atoms with E-state index in [1.54, 1.807) is 18.2 Å². The summed E-state index contributed by atoms with van der Waals surface area (Å²) >= 11 is 0. The Kier molecular flexibility index (Phi) is 7.88. The van der Waals surface area contributed by atoms with Crippen LogP contribution in [-0.2, 0) is 4.79 Å². The number of benzene rings is 2. The molecule has 2 aromatic carbocycles. The lowest BCUT2D eigenvalue weighted by Gasteiger charge is -2.25. The number of aryl methyl sites for hydroxylation is 2. The topological polar surface area (TPSA) is 67.4 Å². The second-order valence-electron chi connectivity index (χ2n) is 9.81. The van der Waals surface area contributed by atoms with Crippen LogP contribution in [0.15, 0.2) is 42.5 Å². The Morgan fingerprint density at radius 1 is 0.968 bits per heavy atom. The zero-order valence-electron chi connectivity index (χ0n) is 19.9. The lowest BCUT2D eigenvalue weighted by atomic mass is 9.86. The van der Waals surface area contributed by atoms with E-state index in [9.17, 15) is 9.59 Å². The van der Waals surface area contributed by atoms with Crippen LogP contribution in [0.1, 0.15) is 68.9 Å². The molecule has 0 unspecified atom stereocenters. The summed E-state index contributed by atoms with van der Waals surface area (Å²) in [7, 11) is 0. The van der Waals surface area contributed by atoms with Crippen LogP contribution in [0.25, 0.3) is 0 Å². The van der Waals surface area contributed by atoms with Crippen molar-refractivity contribution < 1.29 is 14.3 Å². The van der Waals surface area contributed by atoms with Crippen molar-refractivity contribution in [3.8, 4) is 5.75 Å². The highest BCUT2D eigenvalue weighted by molar-refractivity contribution is 6.05. The summed E-state index contributed by atoms with van der Waals surface area (Å²) in [6.45, 7) is 14.2. The first-order valence-corrected chi connectivity index (χ1v) is 10.8. The fourth-order valence-corrected chi connectivity index (χ4v) is 3.16. The van der Waals surface area contributed by atoms with Gasteiger partial charge in [0.2, 0.25) is 5.91 Å². The average molecular weight is 425 g/mol. The van der Waals surface area contributed by atoms with Crippen molar-refractivity contribution in [2.24, 2.45) is 5.41 Å². The molecule has 0 saturated carbocycles. The fraction of sp³-hybridized carbons (Fsp3) is 0.462. The van der Waals surface area contributed by atoms with Gasteiger partial charge < -0.3 is 15.4 Å². The van der Waals surface area contributed by atoms with Crippen LogP contribution in [0.2, 0.25) is 0 Å². The lowest BCUT2D eigenvalue weighted by molar-refractivity contribution is -0.124. The fourth-order valence-electron chi connectivity index (χ4n) is 3.16. The number of para-hydroxylation sites is 1. The van der Waals surface area contributed by atoms with E-state index in [0.29, 0.717) is 24.3 Å². The van der Waals surface area contributed by atoms with Crippen LogP contribution in [0.5, 0.6) is 5.75 Å². The molecule has 2 amide bonds. The normalized spacial score (nSPS) is 11.7. The first-order chi connectivity index (χ1) is 14.4. The zero-order chi connectivity index (χ0) is 23.2. The molecule has 168 valence electrons. The molecule has 0 aromatic heterocycles. The molecule has 5 heteroatoms. The second kappa shape index (κ2) is 9.99. The molecule has 0 atom stereocenters. The van der Waals surface area contributed by atoms with Gasteiger partial charge in [0.05, 0.1) is 17.9 Å². The van der Waals surface area contributed by atoms with E-state index in [2.05, 4.69) is 22.8 Å². The summed E-state index contributed by atoms with van der Waals surface area (Å²) in [6, 6.07) is 13.2. The van der Waals surface area contributed by atoms with Crippen LogP contribution in [0.4, 0.5) is 5.69 Å². The summed E-state index contributed by atoms with van der Waals surface area (Å²) in [5.41, 5.74) is 2.29. The molecule has 0 aliphatic heterocycles. The molecule has 0 fully saturated rings. The highest BCUT2D eigenvalue weighted by atomic mass is 16.5.